The van der Waals surface area contributed by atoms with Gasteiger partial charge in [-0.05, 0) is 24.5 Å². The van der Waals surface area contributed by atoms with Gasteiger partial charge in [-0.15, -0.1) is 0 Å². The first kappa shape index (κ1) is 14.5. The van der Waals surface area contributed by atoms with Gasteiger partial charge < -0.3 is 5.32 Å². The molecular formula is C15H19FN2O2. The first-order valence-corrected chi connectivity index (χ1v) is 6.85. The molecule has 1 aromatic rings. The average Bonchev–Trinajstić information content (AvgIpc) is 2.41. The standard InChI is InChI=1S/C15H19FN2O2/c1-4-11-15(20)18(12-8-6-5-7-10(12)16)13(9(2)3)14(19)17-11/h5-9,11,13H,4H2,1-3H3,(H,17,19). The van der Waals surface area contributed by atoms with E-state index in [1.165, 1.54) is 17.0 Å². The number of carbonyl (C=O) groups is 2. The van der Waals surface area contributed by atoms with E-state index in [1.807, 2.05) is 20.8 Å². The second-order valence-electron chi connectivity index (χ2n) is 5.32. The molecule has 0 spiro atoms. The van der Waals surface area contributed by atoms with Crippen LogP contribution in [0.4, 0.5) is 10.1 Å². The molecule has 2 atom stereocenters. The van der Waals surface area contributed by atoms with Gasteiger partial charge >= 0.3 is 0 Å². The summed E-state index contributed by atoms with van der Waals surface area (Å²) >= 11 is 0. The molecule has 0 saturated carbocycles. The maximum atomic E-state index is 14.0. The van der Waals surface area contributed by atoms with Gasteiger partial charge in [0.1, 0.15) is 17.9 Å². The van der Waals surface area contributed by atoms with E-state index in [0.717, 1.165) is 0 Å². The minimum absolute atomic E-state index is 0.101. The quantitative estimate of drug-likeness (QED) is 0.920. The Morgan fingerprint density at radius 2 is 1.95 bits per heavy atom. The summed E-state index contributed by atoms with van der Waals surface area (Å²) in [5.41, 5.74) is 0.171. The zero-order valence-corrected chi connectivity index (χ0v) is 11.9. The van der Waals surface area contributed by atoms with E-state index in [-0.39, 0.29) is 23.4 Å². The Morgan fingerprint density at radius 1 is 1.30 bits per heavy atom. The molecular weight excluding hydrogens is 259 g/mol. The van der Waals surface area contributed by atoms with Crippen molar-refractivity contribution in [2.45, 2.75) is 39.3 Å². The van der Waals surface area contributed by atoms with Crippen LogP contribution in [0.2, 0.25) is 0 Å². The smallest absolute Gasteiger partial charge is 0.250 e. The van der Waals surface area contributed by atoms with Crippen molar-refractivity contribution in [2.24, 2.45) is 5.92 Å². The Morgan fingerprint density at radius 3 is 2.50 bits per heavy atom. The highest BCUT2D eigenvalue weighted by Gasteiger charge is 2.42. The molecule has 0 aromatic heterocycles. The lowest BCUT2D eigenvalue weighted by molar-refractivity contribution is -0.134. The number of nitrogens with one attached hydrogen (secondary N) is 1. The topological polar surface area (TPSA) is 49.4 Å². The second kappa shape index (κ2) is 5.61. The van der Waals surface area contributed by atoms with Crippen LogP contribution in [0.15, 0.2) is 24.3 Å². The van der Waals surface area contributed by atoms with E-state index >= 15 is 0 Å². The number of amides is 2. The van der Waals surface area contributed by atoms with Crippen LogP contribution in [0.3, 0.4) is 0 Å². The first-order valence-electron chi connectivity index (χ1n) is 6.85. The number of hydrogen-bond acceptors (Lipinski definition) is 2. The van der Waals surface area contributed by atoms with Gasteiger partial charge in [-0.1, -0.05) is 32.9 Å². The summed E-state index contributed by atoms with van der Waals surface area (Å²) in [6.07, 6.45) is 0.486. The van der Waals surface area contributed by atoms with Gasteiger partial charge in [0.05, 0.1) is 5.69 Å². The number of para-hydroxylation sites is 1. The number of rotatable bonds is 3. The number of anilines is 1. The molecule has 2 rings (SSSR count). The van der Waals surface area contributed by atoms with E-state index in [0.29, 0.717) is 6.42 Å². The number of piperazine rings is 1. The van der Waals surface area contributed by atoms with Crippen molar-refractivity contribution in [3.8, 4) is 0 Å². The molecule has 2 unspecified atom stereocenters. The van der Waals surface area contributed by atoms with Crippen molar-refractivity contribution in [2.75, 3.05) is 4.90 Å². The molecule has 2 amide bonds. The minimum atomic E-state index is -0.679. The number of benzene rings is 1. The van der Waals surface area contributed by atoms with Gasteiger partial charge in [-0.25, -0.2) is 4.39 Å². The first-order chi connectivity index (χ1) is 9.47. The fraction of sp³-hybridized carbons (Fsp3) is 0.467. The van der Waals surface area contributed by atoms with Crippen LogP contribution in [-0.2, 0) is 9.59 Å². The van der Waals surface area contributed by atoms with Crippen LogP contribution >= 0.6 is 0 Å². The zero-order chi connectivity index (χ0) is 14.9. The van der Waals surface area contributed by atoms with Crippen LogP contribution in [0, 0.1) is 11.7 Å². The monoisotopic (exact) mass is 278 g/mol. The molecule has 1 saturated heterocycles. The average molecular weight is 278 g/mol. The van der Waals surface area contributed by atoms with Crippen molar-refractivity contribution in [3.05, 3.63) is 30.1 Å². The Hall–Kier alpha value is -1.91. The number of hydrogen-bond donors (Lipinski definition) is 1. The SMILES string of the molecule is CCC1NC(=O)C(C(C)C)N(c2ccccc2F)C1=O. The molecule has 0 aliphatic carbocycles. The highest BCUT2D eigenvalue weighted by Crippen LogP contribution is 2.28. The zero-order valence-electron chi connectivity index (χ0n) is 11.9. The van der Waals surface area contributed by atoms with Crippen LogP contribution in [-0.4, -0.2) is 23.9 Å². The Bertz CT molecular complexity index is 530. The van der Waals surface area contributed by atoms with E-state index in [1.54, 1.807) is 12.1 Å². The largest absolute Gasteiger partial charge is 0.342 e. The number of carbonyl (C=O) groups excluding carboxylic acids is 2. The lowest BCUT2D eigenvalue weighted by Crippen LogP contribution is -2.65. The molecule has 1 aliphatic rings. The van der Waals surface area contributed by atoms with Gasteiger partial charge in [-0.3, -0.25) is 14.5 Å². The molecule has 1 aromatic carbocycles. The molecule has 0 bridgehead atoms. The summed E-state index contributed by atoms with van der Waals surface area (Å²) in [7, 11) is 0. The molecule has 108 valence electrons. The predicted molar refractivity (Wildman–Crippen MR) is 74.7 cm³/mol. The molecule has 4 nitrogen and oxygen atoms in total. The summed E-state index contributed by atoms with van der Waals surface area (Å²) in [6.45, 7) is 5.51. The molecule has 20 heavy (non-hydrogen) atoms. The molecule has 1 fully saturated rings. The molecule has 0 radical (unpaired) electrons. The van der Waals surface area contributed by atoms with Crippen molar-refractivity contribution in [1.82, 2.24) is 5.32 Å². The summed E-state index contributed by atoms with van der Waals surface area (Å²) in [5, 5.41) is 2.71. The molecule has 1 aliphatic heterocycles. The van der Waals surface area contributed by atoms with Crippen LogP contribution < -0.4 is 10.2 Å². The van der Waals surface area contributed by atoms with E-state index < -0.39 is 17.9 Å². The summed E-state index contributed by atoms with van der Waals surface area (Å²) in [5.74, 6) is -1.07. The maximum absolute atomic E-state index is 14.0. The lowest BCUT2D eigenvalue weighted by Gasteiger charge is -2.40. The molecule has 5 heteroatoms. The van der Waals surface area contributed by atoms with Gasteiger partial charge in [0.2, 0.25) is 11.8 Å². The van der Waals surface area contributed by atoms with Gasteiger partial charge in [0, 0.05) is 0 Å². The molecule has 1 N–H and O–H groups in total. The van der Waals surface area contributed by atoms with Crippen LogP contribution in [0.5, 0.6) is 0 Å². The van der Waals surface area contributed by atoms with Gasteiger partial charge in [-0.2, -0.15) is 0 Å². The number of halogens is 1. The summed E-state index contributed by atoms with van der Waals surface area (Å²) < 4.78 is 14.0. The van der Waals surface area contributed by atoms with Crippen LogP contribution in [0.1, 0.15) is 27.2 Å². The van der Waals surface area contributed by atoms with E-state index in [4.69, 9.17) is 0 Å². The van der Waals surface area contributed by atoms with E-state index in [2.05, 4.69) is 5.32 Å². The van der Waals surface area contributed by atoms with Crippen molar-refractivity contribution in [1.29, 1.82) is 0 Å². The minimum Gasteiger partial charge on any atom is -0.342 e. The number of nitrogens with zero attached hydrogens (tertiary/aromatic N) is 1. The lowest BCUT2D eigenvalue weighted by atomic mass is 9.95. The Labute approximate surface area is 118 Å². The van der Waals surface area contributed by atoms with Gasteiger partial charge in [0.15, 0.2) is 0 Å². The molecule has 1 heterocycles. The third kappa shape index (κ3) is 2.40. The van der Waals surface area contributed by atoms with Gasteiger partial charge in [0.25, 0.3) is 0 Å². The Kier molecular flexibility index (Phi) is 4.06. The van der Waals surface area contributed by atoms with E-state index in [9.17, 15) is 14.0 Å². The fourth-order valence-corrected chi connectivity index (χ4v) is 2.53. The second-order valence-corrected chi connectivity index (χ2v) is 5.32. The van der Waals surface area contributed by atoms with Crippen molar-refractivity contribution < 1.29 is 14.0 Å². The van der Waals surface area contributed by atoms with Crippen molar-refractivity contribution >= 4 is 17.5 Å². The highest BCUT2D eigenvalue weighted by atomic mass is 19.1. The highest BCUT2D eigenvalue weighted by molar-refractivity contribution is 6.08. The summed E-state index contributed by atoms with van der Waals surface area (Å²) in [6, 6.07) is 4.80. The van der Waals surface area contributed by atoms with Crippen molar-refractivity contribution in [3.63, 3.8) is 0 Å². The third-order valence-corrected chi connectivity index (χ3v) is 3.55. The predicted octanol–water partition coefficient (Wildman–Crippen LogP) is 2.09. The summed E-state index contributed by atoms with van der Waals surface area (Å²) in [4.78, 5) is 26.0. The van der Waals surface area contributed by atoms with Crippen LogP contribution in [0.25, 0.3) is 0 Å². The normalized spacial score (nSPS) is 23.1. The Balaban J connectivity index is 2.50. The third-order valence-electron chi connectivity index (χ3n) is 3.55. The maximum Gasteiger partial charge on any atom is 0.250 e. The fourth-order valence-electron chi connectivity index (χ4n) is 2.53.